The molecule has 3 heterocycles. The van der Waals surface area contributed by atoms with Gasteiger partial charge in [-0.15, -0.1) is 0 Å². The summed E-state index contributed by atoms with van der Waals surface area (Å²) in [7, 11) is 0. The van der Waals surface area contributed by atoms with Crippen LogP contribution in [0.5, 0.6) is 0 Å². The summed E-state index contributed by atoms with van der Waals surface area (Å²) < 4.78 is 4.17. The molecule has 0 bridgehead atoms. The summed E-state index contributed by atoms with van der Waals surface area (Å²) >= 11 is 0. The lowest BCUT2D eigenvalue weighted by Gasteiger charge is -2.23. The van der Waals surface area contributed by atoms with Crippen molar-refractivity contribution in [1.29, 1.82) is 0 Å². The molecule has 0 aromatic carbocycles. The number of hydrogen-bond acceptors (Lipinski definition) is 4. The summed E-state index contributed by atoms with van der Waals surface area (Å²) in [6.07, 6.45) is 6.35. The van der Waals surface area contributed by atoms with Crippen molar-refractivity contribution in [3.63, 3.8) is 0 Å². The summed E-state index contributed by atoms with van der Waals surface area (Å²) in [4.78, 5) is 14.5. The van der Waals surface area contributed by atoms with Gasteiger partial charge in [0.25, 0.3) is 0 Å². The molecule has 146 valence electrons. The highest BCUT2D eigenvalue weighted by Crippen LogP contribution is 2.26. The number of nitrogens with one attached hydrogen (secondary N) is 1. The molecule has 1 N–H and O–H groups in total. The monoisotopic (exact) mass is 370 g/mol. The average molecular weight is 371 g/mol. The van der Waals surface area contributed by atoms with Crippen molar-refractivity contribution in [2.24, 2.45) is 5.92 Å². The van der Waals surface area contributed by atoms with E-state index in [1.54, 1.807) is 0 Å². The Labute approximate surface area is 160 Å². The van der Waals surface area contributed by atoms with E-state index in [0.29, 0.717) is 6.54 Å². The van der Waals surface area contributed by atoms with Crippen LogP contribution in [0.25, 0.3) is 0 Å². The zero-order valence-electron chi connectivity index (χ0n) is 16.4. The van der Waals surface area contributed by atoms with Crippen LogP contribution in [-0.2, 0) is 37.5 Å². The first kappa shape index (κ1) is 18.2. The van der Waals surface area contributed by atoms with E-state index in [-0.39, 0.29) is 11.8 Å². The highest BCUT2D eigenvalue weighted by Gasteiger charge is 2.25. The van der Waals surface area contributed by atoms with Crippen LogP contribution in [0, 0.1) is 12.8 Å². The SMILES string of the molecule is CCn1ncc(CN2CCCn3nc(CNC(=O)C4CCC4)cc3C2)c1C. The standard InChI is InChI=1S/C20H30N6O/c1-3-25-15(2)17(11-22-25)13-24-8-5-9-26-19(14-24)10-18(23-26)12-21-20(27)16-6-4-7-16/h10-11,16H,3-9,12-14H2,1-2H3,(H,21,27). The third kappa shape index (κ3) is 3.93. The van der Waals surface area contributed by atoms with Gasteiger partial charge in [-0.3, -0.25) is 19.1 Å². The lowest BCUT2D eigenvalue weighted by molar-refractivity contribution is -0.127. The number of carbonyl (C=O) groups is 1. The van der Waals surface area contributed by atoms with Crippen LogP contribution >= 0.6 is 0 Å². The predicted molar refractivity (Wildman–Crippen MR) is 103 cm³/mol. The molecule has 1 aliphatic carbocycles. The minimum absolute atomic E-state index is 0.189. The van der Waals surface area contributed by atoms with Crippen LogP contribution in [-0.4, -0.2) is 36.9 Å². The average Bonchev–Trinajstić information content (AvgIpc) is 3.09. The van der Waals surface area contributed by atoms with Gasteiger partial charge in [-0.2, -0.15) is 10.2 Å². The molecule has 2 aromatic heterocycles. The van der Waals surface area contributed by atoms with Crippen molar-refractivity contribution >= 4 is 5.91 Å². The number of amides is 1. The number of carbonyl (C=O) groups excluding carboxylic acids is 1. The maximum absolute atomic E-state index is 12.0. The second kappa shape index (κ2) is 7.84. The fourth-order valence-corrected chi connectivity index (χ4v) is 4.00. The van der Waals surface area contributed by atoms with E-state index in [4.69, 9.17) is 5.10 Å². The molecule has 27 heavy (non-hydrogen) atoms. The molecule has 7 heteroatoms. The number of nitrogens with zero attached hydrogens (tertiary/aromatic N) is 5. The van der Waals surface area contributed by atoms with E-state index in [2.05, 4.69) is 44.6 Å². The molecule has 0 saturated heterocycles. The highest BCUT2D eigenvalue weighted by molar-refractivity contribution is 5.79. The van der Waals surface area contributed by atoms with Crippen LogP contribution in [0.15, 0.2) is 12.3 Å². The van der Waals surface area contributed by atoms with Gasteiger partial charge in [-0.1, -0.05) is 6.42 Å². The molecule has 2 aromatic rings. The number of rotatable bonds is 6. The molecule has 0 spiro atoms. The van der Waals surface area contributed by atoms with Crippen molar-refractivity contribution in [2.45, 2.75) is 72.3 Å². The third-order valence-corrected chi connectivity index (χ3v) is 5.96. The van der Waals surface area contributed by atoms with Gasteiger partial charge in [0.15, 0.2) is 0 Å². The van der Waals surface area contributed by atoms with Gasteiger partial charge in [0, 0.05) is 49.9 Å². The van der Waals surface area contributed by atoms with E-state index in [1.807, 2.05) is 6.20 Å². The van der Waals surface area contributed by atoms with Crippen molar-refractivity contribution in [3.05, 3.63) is 34.9 Å². The Kier molecular flexibility index (Phi) is 5.29. The highest BCUT2D eigenvalue weighted by atomic mass is 16.1. The minimum Gasteiger partial charge on any atom is -0.350 e. The van der Waals surface area contributed by atoms with Gasteiger partial charge in [-0.25, -0.2) is 0 Å². The van der Waals surface area contributed by atoms with E-state index in [0.717, 1.165) is 57.7 Å². The molecular formula is C20H30N6O. The Balaban J connectivity index is 1.38. The normalized spacial score (nSPS) is 18.0. The van der Waals surface area contributed by atoms with Crippen molar-refractivity contribution in [2.75, 3.05) is 6.54 Å². The molecule has 2 aliphatic rings. The van der Waals surface area contributed by atoms with E-state index in [1.165, 1.54) is 23.4 Å². The quantitative estimate of drug-likeness (QED) is 0.847. The molecule has 1 fully saturated rings. The summed E-state index contributed by atoms with van der Waals surface area (Å²) in [5.41, 5.74) is 4.77. The number of aryl methyl sites for hydroxylation is 2. The maximum Gasteiger partial charge on any atom is 0.223 e. The minimum atomic E-state index is 0.189. The van der Waals surface area contributed by atoms with Crippen molar-refractivity contribution in [1.82, 2.24) is 29.8 Å². The third-order valence-electron chi connectivity index (χ3n) is 5.96. The van der Waals surface area contributed by atoms with Crippen LogP contribution < -0.4 is 5.32 Å². The lowest BCUT2D eigenvalue weighted by atomic mass is 9.85. The summed E-state index contributed by atoms with van der Waals surface area (Å²) in [6.45, 7) is 9.54. The molecule has 1 saturated carbocycles. The van der Waals surface area contributed by atoms with Crippen LogP contribution in [0.4, 0.5) is 0 Å². The summed E-state index contributed by atoms with van der Waals surface area (Å²) in [5.74, 6) is 0.419. The van der Waals surface area contributed by atoms with E-state index >= 15 is 0 Å². The number of hydrogen-bond donors (Lipinski definition) is 1. The molecule has 7 nitrogen and oxygen atoms in total. The fraction of sp³-hybridized carbons (Fsp3) is 0.650. The van der Waals surface area contributed by atoms with Gasteiger partial charge in [0.1, 0.15) is 0 Å². The fourth-order valence-electron chi connectivity index (χ4n) is 4.00. The smallest absolute Gasteiger partial charge is 0.223 e. The molecule has 0 atom stereocenters. The first-order valence-electron chi connectivity index (χ1n) is 10.2. The Hall–Kier alpha value is -2.15. The zero-order chi connectivity index (χ0) is 18.8. The summed E-state index contributed by atoms with van der Waals surface area (Å²) in [5, 5.41) is 12.2. The second-order valence-corrected chi connectivity index (χ2v) is 7.83. The van der Waals surface area contributed by atoms with Gasteiger partial charge < -0.3 is 5.32 Å². The Morgan fingerprint density at radius 1 is 1.30 bits per heavy atom. The Bertz CT molecular complexity index is 803. The zero-order valence-corrected chi connectivity index (χ0v) is 16.4. The van der Waals surface area contributed by atoms with Gasteiger partial charge in [0.2, 0.25) is 5.91 Å². The molecule has 4 rings (SSSR count). The second-order valence-electron chi connectivity index (χ2n) is 7.83. The van der Waals surface area contributed by atoms with Crippen LogP contribution in [0.2, 0.25) is 0 Å². The lowest BCUT2D eigenvalue weighted by Crippen LogP contribution is -2.34. The molecule has 1 aliphatic heterocycles. The number of aromatic nitrogens is 4. The molecular weight excluding hydrogens is 340 g/mol. The van der Waals surface area contributed by atoms with Crippen LogP contribution in [0.1, 0.15) is 55.3 Å². The van der Waals surface area contributed by atoms with Gasteiger partial charge >= 0.3 is 0 Å². The van der Waals surface area contributed by atoms with E-state index in [9.17, 15) is 4.79 Å². The van der Waals surface area contributed by atoms with Gasteiger partial charge in [0.05, 0.1) is 24.1 Å². The van der Waals surface area contributed by atoms with Crippen molar-refractivity contribution in [3.8, 4) is 0 Å². The largest absolute Gasteiger partial charge is 0.350 e. The Morgan fingerprint density at radius 2 is 2.15 bits per heavy atom. The summed E-state index contributed by atoms with van der Waals surface area (Å²) in [6, 6.07) is 2.15. The molecule has 0 radical (unpaired) electrons. The van der Waals surface area contributed by atoms with Gasteiger partial charge in [-0.05, 0) is 39.2 Å². The van der Waals surface area contributed by atoms with Crippen molar-refractivity contribution < 1.29 is 4.79 Å². The number of fused-ring (bicyclic) bond motifs is 1. The van der Waals surface area contributed by atoms with Crippen LogP contribution in [0.3, 0.4) is 0 Å². The first-order valence-corrected chi connectivity index (χ1v) is 10.2. The molecule has 1 amide bonds. The first-order chi connectivity index (χ1) is 13.1. The topological polar surface area (TPSA) is 68.0 Å². The predicted octanol–water partition coefficient (Wildman–Crippen LogP) is 2.23. The van der Waals surface area contributed by atoms with E-state index < -0.39 is 0 Å². The maximum atomic E-state index is 12.0. The molecule has 0 unspecified atom stereocenters. The Morgan fingerprint density at radius 3 is 2.85 bits per heavy atom.